The molecule has 1 fully saturated rings. The van der Waals surface area contributed by atoms with Crippen LogP contribution >= 0.6 is 23.2 Å². The molecule has 0 saturated carbocycles. The zero-order valence-electron chi connectivity index (χ0n) is 15.9. The topological polar surface area (TPSA) is 58.6 Å². The van der Waals surface area contributed by atoms with Crippen molar-refractivity contribution in [2.45, 2.75) is 31.2 Å². The second-order valence-electron chi connectivity index (χ2n) is 7.08. The van der Waals surface area contributed by atoms with Gasteiger partial charge in [-0.3, -0.25) is 0 Å². The standard InChI is InChI=1S/C20H24Cl2N2O3S/c1-14-4-3-11-24(13-14)16-7-5-15(6-8-16)12-23-28(25,26)18-10-9-17(27-2)19(21)20(18)22/h5-10,14,23H,3-4,11-13H2,1-2H3/t14-/m1/s1. The maximum Gasteiger partial charge on any atom is 0.242 e. The fraction of sp³-hybridized carbons (Fsp3) is 0.400. The zero-order valence-corrected chi connectivity index (χ0v) is 18.2. The van der Waals surface area contributed by atoms with Crippen molar-refractivity contribution in [1.82, 2.24) is 4.72 Å². The van der Waals surface area contributed by atoms with E-state index in [2.05, 4.69) is 16.5 Å². The first-order chi connectivity index (χ1) is 13.3. The van der Waals surface area contributed by atoms with Crippen LogP contribution in [0.4, 0.5) is 5.69 Å². The number of sulfonamides is 1. The molecule has 1 atom stereocenters. The molecule has 1 N–H and O–H groups in total. The van der Waals surface area contributed by atoms with E-state index in [1.165, 1.54) is 37.8 Å². The van der Waals surface area contributed by atoms with Gasteiger partial charge >= 0.3 is 0 Å². The van der Waals surface area contributed by atoms with Gasteiger partial charge in [0.05, 0.1) is 12.1 Å². The third-order valence-corrected chi connectivity index (χ3v) is 7.37. The third kappa shape index (κ3) is 4.74. The molecule has 2 aromatic carbocycles. The van der Waals surface area contributed by atoms with E-state index in [-0.39, 0.29) is 21.5 Å². The van der Waals surface area contributed by atoms with Gasteiger partial charge in [0, 0.05) is 25.3 Å². The van der Waals surface area contributed by atoms with Crippen molar-refractivity contribution in [3.8, 4) is 5.75 Å². The fourth-order valence-corrected chi connectivity index (χ4v) is 5.24. The Balaban J connectivity index is 1.69. The lowest BCUT2D eigenvalue weighted by molar-refractivity contribution is 0.414. The van der Waals surface area contributed by atoms with Crippen LogP contribution in [0.15, 0.2) is 41.3 Å². The Morgan fingerprint density at radius 2 is 1.86 bits per heavy atom. The predicted molar refractivity (Wildman–Crippen MR) is 114 cm³/mol. The summed E-state index contributed by atoms with van der Waals surface area (Å²) in [5.74, 6) is 1.02. The lowest BCUT2D eigenvalue weighted by Gasteiger charge is -2.32. The van der Waals surface area contributed by atoms with Crippen molar-refractivity contribution in [3.63, 3.8) is 0 Å². The van der Waals surface area contributed by atoms with E-state index >= 15 is 0 Å². The number of hydrogen-bond acceptors (Lipinski definition) is 4. The van der Waals surface area contributed by atoms with Crippen molar-refractivity contribution in [1.29, 1.82) is 0 Å². The first-order valence-corrected chi connectivity index (χ1v) is 11.4. The highest BCUT2D eigenvalue weighted by Crippen LogP contribution is 2.36. The molecule has 0 amide bonds. The molecule has 0 aliphatic carbocycles. The third-order valence-electron chi connectivity index (χ3n) is 4.95. The molecule has 1 saturated heterocycles. The van der Waals surface area contributed by atoms with Crippen LogP contribution < -0.4 is 14.4 Å². The second kappa shape index (κ2) is 8.91. The lowest BCUT2D eigenvalue weighted by atomic mass is 9.99. The number of ether oxygens (including phenoxy) is 1. The summed E-state index contributed by atoms with van der Waals surface area (Å²) in [5, 5.41) is 0.0234. The molecule has 1 heterocycles. The first kappa shape index (κ1) is 21.2. The van der Waals surface area contributed by atoms with Gasteiger partial charge in [0.2, 0.25) is 10.0 Å². The molecule has 2 aromatic rings. The van der Waals surface area contributed by atoms with Crippen LogP contribution in [0, 0.1) is 5.92 Å². The smallest absolute Gasteiger partial charge is 0.242 e. The molecule has 5 nitrogen and oxygen atoms in total. The van der Waals surface area contributed by atoms with Crippen LogP contribution in [-0.2, 0) is 16.6 Å². The normalized spacial score (nSPS) is 17.6. The van der Waals surface area contributed by atoms with Crippen molar-refractivity contribution >= 4 is 38.9 Å². The van der Waals surface area contributed by atoms with Crippen LogP contribution in [0.2, 0.25) is 10.0 Å². The summed E-state index contributed by atoms with van der Waals surface area (Å²) >= 11 is 12.2. The summed E-state index contributed by atoms with van der Waals surface area (Å²) in [6, 6.07) is 10.8. The van der Waals surface area contributed by atoms with E-state index in [4.69, 9.17) is 27.9 Å². The number of nitrogens with one attached hydrogen (secondary N) is 1. The Morgan fingerprint density at radius 3 is 2.50 bits per heavy atom. The molecule has 1 aliphatic heterocycles. The summed E-state index contributed by atoms with van der Waals surface area (Å²) in [5.41, 5.74) is 2.04. The molecule has 28 heavy (non-hydrogen) atoms. The Morgan fingerprint density at radius 1 is 1.14 bits per heavy atom. The number of benzene rings is 2. The largest absolute Gasteiger partial charge is 0.495 e. The van der Waals surface area contributed by atoms with Gasteiger partial charge in [-0.15, -0.1) is 0 Å². The number of methoxy groups -OCH3 is 1. The fourth-order valence-electron chi connectivity index (χ4n) is 3.38. The summed E-state index contributed by atoms with van der Waals surface area (Å²) in [6.45, 7) is 4.56. The average molecular weight is 443 g/mol. The monoisotopic (exact) mass is 442 g/mol. The molecule has 0 spiro atoms. The summed E-state index contributed by atoms with van der Waals surface area (Å²) in [6.07, 6.45) is 2.47. The molecular formula is C20H24Cl2N2O3S. The highest BCUT2D eigenvalue weighted by Gasteiger charge is 2.22. The van der Waals surface area contributed by atoms with Crippen LogP contribution in [0.25, 0.3) is 0 Å². The Hall–Kier alpha value is -1.47. The number of halogens is 2. The molecule has 0 aromatic heterocycles. The summed E-state index contributed by atoms with van der Waals surface area (Å²) in [7, 11) is -2.36. The van der Waals surface area contributed by atoms with Crippen LogP contribution in [0.5, 0.6) is 5.75 Å². The Kier molecular flexibility index (Phi) is 6.76. The second-order valence-corrected chi connectivity index (χ2v) is 9.57. The summed E-state index contributed by atoms with van der Waals surface area (Å²) in [4.78, 5) is 2.31. The van der Waals surface area contributed by atoms with Gasteiger partial charge in [-0.2, -0.15) is 0 Å². The minimum atomic E-state index is -3.81. The van der Waals surface area contributed by atoms with Gasteiger partial charge in [0.25, 0.3) is 0 Å². The molecule has 8 heteroatoms. The van der Waals surface area contributed by atoms with Gasteiger partial charge in [-0.1, -0.05) is 42.3 Å². The maximum absolute atomic E-state index is 12.6. The van der Waals surface area contributed by atoms with Gasteiger partial charge in [0.15, 0.2) is 0 Å². The molecule has 0 unspecified atom stereocenters. The van der Waals surface area contributed by atoms with Crippen LogP contribution in [0.1, 0.15) is 25.3 Å². The van der Waals surface area contributed by atoms with E-state index in [9.17, 15) is 8.42 Å². The van der Waals surface area contributed by atoms with E-state index < -0.39 is 10.0 Å². The molecular weight excluding hydrogens is 419 g/mol. The number of piperidine rings is 1. The van der Waals surface area contributed by atoms with Gasteiger partial charge in [0.1, 0.15) is 15.7 Å². The van der Waals surface area contributed by atoms with E-state index in [0.717, 1.165) is 18.7 Å². The molecule has 0 radical (unpaired) electrons. The summed E-state index contributed by atoms with van der Waals surface area (Å²) < 4.78 is 32.9. The SMILES string of the molecule is COc1ccc(S(=O)(=O)NCc2ccc(N3CCC[C@@H](C)C3)cc2)c(Cl)c1Cl. The minimum Gasteiger partial charge on any atom is -0.495 e. The number of hydrogen-bond donors (Lipinski definition) is 1. The highest BCUT2D eigenvalue weighted by molar-refractivity contribution is 7.89. The Labute approximate surface area is 176 Å². The quantitative estimate of drug-likeness (QED) is 0.702. The van der Waals surface area contributed by atoms with Crippen molar-refractivity contribution in [2.75, 3.05) is 25.1 Å². The Bertz CT molecular complexity index is 933. The van der Waals surface area contributed by atoms with Gasteiger partial charge in [-0.05, 0) is 48.6 Å². The number of anilines is 1. The number of rotatable bonds is 6. The van der Waals surface area contributed by atoms with Gasteiger partial charge < -0.3 is 9.64 Å². The number of nitrogens with zero attached hydrogens (tertiary/aromatic N) is 1. The average Bonchev–Trinajstić information content (AvgIpc) is 2.69. The van der Waals surface area contributed by atoms with Crippen LogP contribution in [0.3, 0.4) is 0 Å². The van der Waals surface area contributed by atoms with Crippen molar-refractivity contribution < 1.29 is 13.2 Å². The van der Waals surface area contributed by atoms with Gasteiger partial charge in [-0.25, -0.2) is 13.1 Å². The molecule has 1 aliphatic rings. The van der Waals surface area contributed by atoms with E-state index in [1.807, 2.05) is 24.3 Å². The molecule has 0 bridgehead atoms. The predicted octanol–water partition coefficient (Wildman–Crippen LogP) is 4.72. The van der Waals surface area contributed by atoms with Crippen molar-refractivity contribution in [2.24, 2.45) is 5.92 Å². The minimum absolute atomic E-state index is 0.0527. The lowest BCUT2D eigenvalue weighted by Crippen LogP contribution is -2.34. The van der Waals surface area contributed by atoms with Crippen LogP contribution in [-0.4, -0.2) is 28.6 Å². The van der Waals surface area contributed by atoms with E-state index in [1.54, 1.807) is 0 Å². The highest BCUT2D eigenvalue weighted by atomic mass is 35.5. The molecule has 152 valence electrons. The molecule has 3 rings (SSSR count). The first-order valence-electron chi connectivity index (χ1n) is 9.17. The maximum atomic E-state index is 12.6. The zero-order chi connectivity index (χ0) is 20.3. The van der Waals surface area contributed by atoms with Crippen molar-refractivity contribution in [3.05, 3.63) is 52.0 Å². The van der Waals surface area contributed by atoms with E-state index in [0.29, 0.717) is 11.7 Å².